The molecule has 1 rings (SSSR count). The van der Waals surface area contributed by atoms with Crippen molar-refractivity contribution in [1.29, 1.82) is 0 Å². The van der Waals surface area contributed by atoms with Gasteiger partial charge < -0.3 is 10.8 Å². The standard InChI is InChI=1S/C13H21NO3S/c1-3-18(16,17)13-6-4-5-11(8-13)10(2)7-12(15)9-14/h4-6,8,10,12,15H,3,7,9,14H2,1-2H3. The lowest BCUT2D eigenvalue weighted by molar-refractivity contribution is 0.165. The largest absolute Gasteiger partial charge is 0.392 e. The zero-order chi connectivity index (χ0) is 13.8. The second kappa shape index (κ2) is 6.31. The molecule has 0 fully saturated rings. The van der Waals surface area contributed by atoms with E-state index in [1.54, 1.807) is 25.1 Å². The number of benzene rings is 1. The monoisotopic (exact) mass is 271 g/mol. The summed E-state index contributed by atoms with van der Waals surface area (Å²) in [6.45, 7) is 3.80. The van der Waals surface area contributed by atoms with Gasteiger partial charge in [-0.05, 0) is 30.0 Å². The SMILES string of the molecule is CCS(=O)(=O)c1cccc(C(C)CC(O)CN)c1. The summed E-state index contributed by atoms with van der Waals surface area (Å²) >= 11 is 0. The summed E-state index contributed by atoms with van der Waals surface area (Å²) in [5.41, 5.74) is 6.29. The Morgan fingerprint density at radius 2 is 2.06 bits per heavy atom. The Bertz CT molecular complexity index is 485. The maximum absolute atomic E-state index is 11.8. The van der Waals surface area contributed by atoms with E-state index in [1.165, 1.54) is 0 Å². The van der Waals surface area contributed by atoms with Crippen LogP contribution in [0.3, 0.4) is 0 Å². The zero-order valence-corrected chi connectivity index (χ0v) is 11.7. The first kappa shape index (κ1) is 15.1. The number of nitrogens with two attached hydrogens (primary N) is 1. The number of hydrogen-bond acceptors (Lipinski definition) is 4. The summed E-state index contributed by atoms with van der Waals surface area (Å²) in [4.78, 5) is 0.344. The van der Waals surface area contributed by atoms with Gasteiger partial charge in [-0.2, -0.15) is 0 Å². The van der Waals surface area contributed by atoms with Crippen molar-refractivity contribution in [3.8, 4) is 0 Å². The lowest BCUT2D eigenvalue weighted by Gasteiger charge is -2.16. The number of rotatable bonds is 6. The third-order valence-electron chi connectivity index (χ3n) is 3.06. The lowest BCUT2D eigenvalue weighted by atomic mass is 9.95. The molecule has 0 aliphatic heterocycles. The minimum atomic E-state index is -3.18. The molecule has 0 aliphatic carbocycles. The van der Waals surface area contributed by atoms with E-state index in [0.29, 0.717) is 11.3 Å². The number of aliphatic hydroxyl groups is 1. The topological polar surface area (TPSA) is 80.4 Å². The summed E-state index contributed by atoms with van der Waals surface area (Å²) < 4.78 is 23.6. The van der Waals surface area contributed by atoms with Crippen LogP contribution in [0.25, 0.3) is 0 Å². The van der Waals surface area contributed by atoms with Crippen molar-refractivity contribution in [1.82, 2.24) is 0 Å². The number of aliphatic hydroxyl groups excluding tert-OH is 1. The smallest absolute Gasteiger partial charge is 0.178 e. The number of sulfone groups is 1. The highest BCUT2D eigenvalue weighted by Gasteiger charge is 2.15. The minimum absolute atomic E-state index is 0.0792. The van der Waals surface area contributed by atoms with Crippen LogP contribution in [0.5, 0.6) is 0 Å². The molecule has 0 radical (unpaired) electrons. The summed E-state index contributed by atoms with van der Waals surface area (Å²) in [6, 6.07) is 6.91. The highest BCUT2D eigenvalue weighted by molar-refractivity contribution is 7.91. The van der Waals surface area contributed by atoms with Gasteiger partial charge in [-0.15, -0.1) is 0 Å². The van der Waals surface area contributed by atoms with Gasteiger partial charge in [0.15, 0.2) is 9.84 Å². The molecule has 1 aromatic carbocycles. The third kappa shape index (κ3) is 3.80. The number of hydrogen-bond donors (Lipinski definition) is 2. The summed E-state index contributed by atoms with van der Waals surface area (Å²) in [7, 11) is -3.18. The fourth-order valence-electron chi connectivity index (χ4n) is 1.82. The highest BCUT2D eigenvalue weighted by atomic mass is 32.2. The molecule has 4 nitrogen and oxygen atoms in total. The van der Waals surface area contributed by atoms with E-state index in [4.69, 9.17) is 5.73 Å². The summed E-state index contributed by atoms with van der Waals surface area (Å²) in [5, 5.41) is 9.52. The van der Waals surface area contributed by atoms with Crippen LogP contribution in [0, 0.1) is 0 Å². The molecule has 1 aromatic rings. The van der Waals surface area contributed by atoms with Crippen LogP contribution in [0.2, 0.25) is 0 Å². The Morgan fingerprint density at radius 1 is 1.39 bits per heavy atom. The van der Waals surface area contributed by atoms with E-state index in [1.807, 2.05) is 13.0 Å². The molecule has 0 aromatic heterocycles. The van der Waals surface area contributed by atoms with Crippen molar-refractivity contribution in [3.05, 3.63) is 29.8 Å². The molecule has 18 heavy (non-hydrogen) atoms. The first-order valence-corrected chi connectivity index (χ1v) is 7.76. The van der Waals surface area contributed by atoms with Gasteiger partial charge in [-0.1, -0.05) is 26.0 Å². The van der Waals surface area contributed by atoms with Crippen LogP contribution < -0.4 is 5.73 Å². The molecule has 0 bridgehead atoms. The molecular weight excluding hydrogens is 250 g/mol. The summed E-state index contributed by atoms with van der Waals surface area (Å²) in [5.74, 6) is 0.173. The van der Waals surface area contributed by atoms with Crippen LogP contribution in [0.4, 0.5) is 0 Å². The van der Waals surface area contributed by atoms with Crippen LogP contribution in [-0.4, -0.2) is 31.9 Å². The Hall–Kier alpha value is -0.910. The van der Waals surface area contributed by atoms with Crippen molar-refractivity contribution in [2.24, 2.45) is 5.73 Å². The third-order valence-corrected chi connectivity index (χ3v) is 4.80. The van der Waals surface area contributed by atoms with Crippen LogP contribution in [-0.2, 0) is 9.84 Å². The van der Waals surface area contributed by atoms with Gasteiger partial charge in [-0.3, -0.25) is 0 Å². The van der Waals surface area contributed by atoms with Gasteiger partial charge in [0.1, 0.15) is 0 Å². The van der Waals surface area contributed by atoms with Gasteiger partial charge in [0.25, 0.3) is 0 Å². The van der Waals surface area contributed by atoms with E-state index in [2.05, 4.69) is 0 Å². The summed E-state index contributed by atoms with van der Waals surface area (Å²) in [6.07, 6.45) is -0.0157. The normalized spacial score (nSPS) is 15.3. The first-order chi connectivity index (χ1) is 8.40. The quantitative estimate of drug-likeness (QED) is 0.817. The molecule has 0 heterocycles. The molecule has 102 valence electrons. The van der Waals surface area contributed by atoms with Crippen LogP contribution in [0.1, 0.15) is 31.7 Å². The molecule has 2 unspecified atom stereocenters. The predicted octanol–water partition coefficient (Wildman–Crippen LogP) is 1.29. The Balaban J connectivity index is 2.95. The average molecular weight is 271 g/mol. The van der Waals surface area contributed by atoms with Crippen molar-refractivity contribution in [2.45, 2.75) is 37.2 Å². The molecular formula is C13H21NO3S. The van der Waals surface area contributed by atoms with E-state index in [0.717, 1.165) is 5.56 Å². The molecule has 3 N–H and O–H groups in total. The van der Waals surface area contributed by atoms with E-state index in [9.17, 15) is 13.5 Å². The molecule has 0 saturated carbocycles. The van der Waals surface area contributed by atoms with Crippen LogP contribution in [0.15, 0.2) is 29.2 Å². The van der Waals surface area contributed by atoms with Crippen LogP contribution >= 0.6 is 0 Å². The second-order valence-electron chi connectivity index (χ2n) is 4.50. The predicted molar refractivity (Wildman–Crippen MR) is 72.3 cm³/mol. The maximum Gasteiger partial charge on any atom is 0.178 e. The molecule has 2 atom stereocenters. The fraction of sp³-hybridized carbons (Fsp3) is 0.538. The highest BCUT2D eigenvalue weighted by Crippen LogP contribution is 2.23. The van der Waals surface area contributed by atoms with Crippen molar-refractivity contribution < 1.29 is 13.5 Å². The van der Waals surface area contributed by atoms with Crippen molar-refractivity contribution in [3.63, 3.8) is 0 Å². The van der Waals surface area contributed by atoms with Gasteiger partial charge in [-0.25, -0.2) is 8.42 Å². The van der Waals surface area contributed by atoms with Gasteiger partial charge in [0, 0.05) is 6.54 Å². The van der Waals surface area contributed by atoms with Crippen molar-refractivity contribution >= 4 is 9.84 Å². The van der Waals surface area contributed by atoms with E-state index < -0.39 is 15.9 Å². The molecule has 0 saturated heterocycles. The molecule has 0 spiro atoms. The Labute approximate surface area is 109 Å². The second-order valence-corrected chi connectivity index (χ2v) is 6.78. The molecule has 0 amide bonds. The van der Waals surface area contributed by atoms with E-state index >= 15 is 0 Å². The Morgan fingerprint density at radius 3 is 2.61 bits per heavy atom. The molecule has 5 heteroatoms. The molecule has 0 aliphatic rings. The van der Waals surface area contributed by atoms with Gasteiger partial charge >= 0.3 is 0 Å². The fourth-order valence-corrected chi connectivity index (χ4v) is 2.76. The van der Waals surface area contributed by atoms with Crippen molar-refractivity contribution in [2.75, 3.05) is 12.3 Å². The zero-order valence-electron chi connectivity index (χ0n) is 10.8. The maximum atomic E-state index is 11.8. The minimum Gasteiger partial charge on any atom is -0.392 e. The van der Waals surface area contributed by atoms with Gasteiger partial charge in [0.2, 0.25) is 0 Å². The van der Waals surface area contributed by atoms with E-state index in [-0.39, 0.29) is 18.2 Å². The van der Waals surface area contributed by atoms with Gasteiger partial charge in [0.05, 0.1) is 16.8 Å². The lowest BCUT2D eigenvalue weighted by Crippen LogP contribution is -2.21. The Kier molecular flexibility index (Phi) is 5.31. The average Bonchev–Trinajstić information content (AvgIpc) is 2.38. The first-order valence-electron chi connectivity index (χ1n) is 6.11.